The van der Waals surface area contributed by atoms with Gasteiger partial charge in [0.05, 0.1) is 19.6 Å². The Hall–Kier alpha value is -2.10. The van der Waals surface area contributed by atoms with Gasteiger partial charge in [-0.15, -0.1) is 0 Å². The average molecular weight is 288 g/mol. The molecule has 4 heteroatoms. The summed E-state index contributed by atoms with van der Waals surface area (Å²) in [6.45, 7) is 5.45. The molecule has 1 aromatic carbocycles. The highest BCUT2D eigenvalue weighted by atomic mass is 16.5. The van der Waals surface area contributed by atoms with Gasteiger partial charge in [-0.3, -0.25) is 9.59 Å². The topological polar surface area (TPSA) is 52.6 Å². The zero-order valence-electron chi connectivity index (χ0n) is 13.0. The minimum absolute atomic E-state index is 0.101. The van der Waals surface area contributed by atoms with Gasteiger partial charge in [-0.25, -0.2) is 0 Å². The van der Waals surface area contributed by atoms with Gasteiger partial charge in [0.15, 0.2) is 5.78 Å². The monoisotopic (exact) mass is 288 g/mol. The highest BCUT2D eigenvalue weighted by Crippen LogP contribution is 2.51. The Morgan fingerprint density at radius 1 is 1.19 bits per heavy atom. The molecule has 0 saturated heterocycles. The molecule has 1 aromatic rings. The summed E-state index contributed by atoms with van der Waals surface area (Å²) in [5, 5.41) is 0. The second-order valence-corrected chi connectivity index (χ2v) is 5.83. The largest absolute Gasteiger partial charge is 0.496 e. The second kappa shape index (κ2) is 5.02. The van der Waals surface area contributed by atoms with Crippen LogP contribution in [-0.4, -0.2) is 26.0 Å². The molecule has 0 bridgehead atoms. The summed E-state index contributed by atoms with van der Waals surface area (Å²) < 4.78 is 10.4. The van der Waals surface area contributed by atoms with Gasteiger partial charge in [0, 0.05) is 5.56 Å². The first-order valence-electron chi connectivity index (χ1n) is 6.78. The summed E-state index contributed by atoms with van der Waals surface area (Å²) in [7, 11) is 2.88. The molecule has 0 radical (unpaired) electrons. The van der Waals surface area contributed by atoms with Crippen molar-refractivity contribution in [2.45, 2.75) is 26.2 Å². The summed E-state index contributed by atoms with van der Waals surface area (Å²) in [4.78, 5) is 24.9. The van der Waals surface area contributed by atoms with E-state index in [1.807, 2.05) is 25.1 Å². The van der Waals surface area contributed by atoms with Crippen molar-refractivity contribution in [2.24, 2.45) is 5.41 Å². The van der Waals surface area contributed by atoms with Crippen LogP contribution >= 0.6 is 0 Å². The van der Waals surface area contributed by atoms with Crippen molar-refractivity contribution in [1.29, 1.82) is 0 Å². The van der Waals surface area contributed by atoms with Gasteiger partial charge < -0.3 is 9.47 Å². The van der Waals surface area contributed by atoms with E-state index < -0.39 is 16.8 Å². The van der Waals surface area contributed by atoms with E-state index in [1.165, 1.54) is 13.2 Å². The third-order valence-electron chi connectivity index (χ3n) is 4.37. The van der Waals surface area contributed by atoms with Gasteiger partial charge in [-0.1, -0.05) is 37.6 Å². The van der Waals surface area contributed by atoms with Crippen LogP contribution in [0, 0.1) is 12.3 Å². The van der Waals surface area contributed by atoms with Crippen molar-refractivity contribution in [1.82, 2.24) is 0 Å². The van der Waals surface area contributed by atoms with Crippen molar-refractivity contribution in [2.75, 3.05) is 14.2 Å². The molecular weight excluding hydrogens is 268 g/mol. The lowest BCUT2D eigenvalue weighted by Gasteiger charge is -2.38. The molecule has 0 amide bonds. The highest BCUT2D eigenvalue weighted by molar-refractivity contribution is 6.07. The van der Waals surface area contributed by atoms with E-state index in [-0.39, 0.29) is 5.78 Å². The van der Waals surface area contributed by atoms with Crippen molar-refractivity contribution in [3.63, 3.8) is 0 Å². The third kappa shape index (κ3) is 1.97. The van der Waals surface area contributed by atoms with Crippen LogP contribution in [0.4, 0.5) is 0 Å². The van der Waals surface area contributed by atoms with Gasteiger partial charge in [0.2, 0.25) is 0 Å². The number of ether oxygens (including phenoxy) is 2. The number of methoxy groups -OCH3 is 2. The van der Waals surface area contributed by atoms with Crippen molar-refractivity contribution >= 4 is 11.8 Å². The SMILES string of the molecule is COC(=O)C1(c2cc(C)ccc2OC)C=CC(=O)C1(C)C. The molecule has 1 aliphatic carbocycles. The number of allylic oxidation sites excluding steroid dienone is 1. The summed E-state index contributed by atoms with van der Waals surface area (Å²) in [5.74, 6) is 0.00776. The van der Waals surface area contributed by atoms with Crippen LogP contribution in [0.25, 0.3) is 0 Å². The molecule has 1 atom stereocenters. The van der Waals surface area contributed by atoms with Gasteiger partial charge in [-0.2, -0.15) is 0 Å². The molecule has 1 aliphatic rings. The molecule has 112 valence electrons. The Balaban J connectivity index is 2.81. The fourth-order valence-corrected chi connectivity index (χ4v) is 2.96. The summed E-state index contributed by atoms with van der Waals surface area (Å²) >= 11 is 0. The Morgan fingerprint density at radius 3 is 2.33 bits per heavy atom. The van der Waals surface area contributed by atoms with Gasteiger partial charge in [0.1, 0.15) is 11.2 Å². The standard InChI is InChI=1S/C17H20O4/c1-11-6-7-13(20-4)12(10-11)17(15(19)21-5)9-8-14(18)16(17,2)3/h6-10H,1-5H3. The number of hydrogen-bond acceptors (Lipinski definition) is 4. The summed E-state index contributed by atoms with van der Waals surface area (Å²) in [6.07, 6.45) is 3.09. The molecule has 4 nitrogen and oxygen atoms in total. The van der Waals surface area contributed by atoms with E-state index in [1.54, 1.807) is 27.0 Å². The normalized spacial score (nSPS) is 23.2. The van der Waals surface area contributed by atoms with E-state index in [0.717, 1.165) is 5.56 Å². The molecule has 0 N–H and O–H groups in total. The first kappa shape index (κ1) is 15.3. The molecule has 0 aliphatic heterocycles. The lowest BCUT2D eigenvalue weighted by Crippen LogP contribution is -2.48. The zero-order valence-corrected chi connectivity index (χ0v) is 13.0. The zero-order chi connectivity index (χ0) is 15.8. The van der Waals surface area contributed by atoms with Crippen molar-refractivity contribution < 1.29 is 19.1 Å². The Kier molecular flexibility index (Phi) is 3.66. The predicted octanol–water partition coefficient (Wildman–Crippen LogP) is 2.58. The van der Waals surface area contributed by atoms with E-state index >= 15 is 0 Å². The van der Waals surface area contributed by atoms with Crippen LogP contribution in [0.3, 0.4) is 0 Å². The van der Waals surface area contributed by atoms with Crippen LogP contribution in [0.2, 0.25) is 0 Å². The van der Waals surface area contributed by atoms with E-state index in [2.05, 4.69) is 0 Å². The van der Waals surface area contributed by atoms with Crippen molar-refractivity contribution in [3.8, 4) is 5.75 Å². The Labute approximate surface area is 124 Å². The van der Waals surface area contributed by atoms with Crippen LogP contribution in [0.1, 0.15) is 25.0 Å². The molecule has 0 fully saturated rings. The smallest absolute Gasteiger partial charge is 0.321 e. The number of hydrogen-bond donors (Lipinski definition) is 0. The van der Waals surface area contributed by atoms with Gasteiger partial charge >= 0.3 is 5.97 Å². The fourth-order valence-electron chi connectivity index (χ4n) is 2.96. The third-order valence-corrected chi connectivity index (χ3v) is 4.37. The van der Waals surface area contributed by atoms with E-state index in [0.29, 0.717) is 11.3 Å². The Morgan fingerprint density at radius 2 is 1.86 bits per heavy atom. The highest BCUT2D eigenvalue weighted by Gasteiger charge is 2.59. The molecule has 21 heavy (non-hydrogen) atoms. The molecule has 0 saturated carbocycles. The lowest BCUT2D eigenvalue weighted by atomic mass is 9.63. The van der Waals surface area contributed by atoms with Crippen LogP contribution in [-0.2, 0) is 19.7 Å². The maximum absolute atomic E-state index is 12.6. The molecule has 0 spiro atoms. The second-order valence-electron chi connectivity index (χ2n) is 5.83. The van der Waals surface area contributed by atoms with Crippen molar-refractivity contribution in [3.05, 3.63) is 41.5 Å². The number of esters is 1. The van der Waals surface area contributed by atoms with Crippen LogP contribution in [0.15, 0.2) is 30.4 Å². The molecule has 0 aromatic heterocycles. The lowest BCUT2D eigenvalue weighted by molar-refractivity contribution is -0.152. The molecular formula is C17H20O4. The minimum atomic E-state index is -1.17. The maximum atomic E-state index is 12.6. The summed E-state index contributed by atoms with van der Waals surface area (Å²) in [6, 6.07) is 5.59. The van der Waals surface area contributed by atoms with Crippen LogP contribution in [0.5, 0.6) is 5.75 Å². The van der Waals surface area contributed by atoms with E-state index in [9.17, 15) is 9.59 Å². The fraction of sp³-hybridized carbons (Fsp3) is 0.412. The quantitative estimate of drug-likeness (QED) is 0.802. The molecule has 2 rings (SSSR count). The number of benzene rings is 1. The first-order valence-corrected chi connectivity index (χ1v) is 6.78. The number of aryl methyl sites for hydroxylation is 1. The summed E-state index contributed by atoms with van der Waals surface area (Å²) in [5.41, 5.74) is -0.459. The van der Waals surface area contributed by atoms with Crippen LogP contribution < -0.4 is 4.74 Å². The van der Waals surface area contributed by atoms with Gasteiger partial charge in [0.25, 0.3) is 0 Å². The molecule has 0 heterocycles. The van der Waals surface area contributed by atoms with E-state index in [4.69, 9.17) is 9.47 Å². The minimum Gasteiger partial charge on any atom is -0.496 e. The van der Waals surface area contributed by atoms with Gasteiger partial charge in [-0.05, 0) is 19.1 Å². The molecule has 1 unspecified atom stereocenters. The maximum Gasteiger partial charge on any atom is 0.321 e. The number of rotatable bonds is 3. The average Bonchev–Trinajstić information content (AvgIpc) is 2.70. The predicted molar refractivity (Wildman–Crippen MR) is 79.4 cm³/mol. The Bertz CT molecular complexity index is 628. The number of carbonyl (C=O) groups excluding carboxylic acids is 2. The number of carbonyl (C=O) groups is 2. The first-order chi connectivity index (χ1) is 9.81. The number of ketones is 1.